The molecule has 1 aliphatic heterocycles. The normalized spacial score (nSPS) is 23.7. The summed E-state index contributed by atoms with van der Waals surface area (Å²) in [5, 5.41) is 12.3. The number of aliphatic hydroxyl groups excluding tert-OH is 1. The fourth-order valence-electron chi connectivity index (χ4n) is 2.75. The molecule has 2 aliphatic rings. The van der Waals surface area contributed by atoms with Gasteiger partial charge in [0.05, 0.1) is 5.70 Å². The topological polar surface area (TPSA) is 73.9 Å². The van der Waals surface area contributed by atoms with E-state index >= 15 is 0 Å². The first kappa shape index (κ1) is 16.8. The van der Waals surface area contributed by atoms with Crippen molar-refractivity contribution in [1.82, 2.24) is 10.2 Å². The molecule has 1 heterocycles. The summed E-state index contributed by atoms with van der Waals surface area (Å²) in [7, 11) is 2.10. The maximum absolute atomic E-state index is 8.93. The van der Waals surface area contributed by atoms with E-state index < -0.39 is 0 Å². The van der Waals surface area contributed by atoms with Gasteiger partial charge in [0.1, 0.15) is 5.84 Å². The zero-order valence-electron chi connectivity index (χ0n) is 13.7. The van der Waals surface area contributed by atoms with Crippen molar-refractivity contribution in [1.29, 1.82) is 0 Å². The number of nitrogens with zero attached hydrogens (tertiary/aromatic N) is 2. The van der Waals surface area contributed by atoms with Crippen LogP contribution in [0.2, 0.25) is 0 Å². The van der Waals surface area contributed by atoms with E-state index in [4.69, 9.17) is 10.8 Å². The van der Waals surface area contributed by atoms with Crippen molar-refractivity contribution in [2.45, 2.75) is 26.2 Å². The molecular formula is C17H28N4O. The van der Waals surface area contributed by atoms with Gasteiger partial charge < -0.3 is 21.1 Å². The van der Waals surface area contributed by atoms with Crippen molar-refractivity contribution < 1.29 is 5.11 Å². The molecule has 1 unspecified atom stereocenters. The first-order valence-electron chi connectivity index (χ1n) is 8.08. The zero-order valence-corrected chi connectivity index (χ0v) is 13.7. The predicted molar refractivity (Wildman–Crippen MR) is 91.5 cm³/mol. The number of allylic oxidation sites excluding steroid dienone is 3. The van der Waals surface area contributed by atoms with Crippen molar-refractivity contribution in [3.63, 3.8) is 0 Å². The van der Waals surface area contributed by atoms with Gasteiger partial charge in [-0.15, -0.1) is 0 Å². The molecule has 0 amide bonds. The van der Waals surface area contributed by atoms with Crippen LogP contribution in [0.3, 0.4) is 0 Å². The molecule has 0 aromatic rings. The molecular weight excluding hydrogens is 276 g/mol. The van der Waals surface area contributed by atoms with E-state index in [2.05, 4.69) is 41.3 Å². The molecule has 22 heavy (non-hydrogen) atoms. The molecule has 0 radical (unpaired) electrons. The highest BCUT2D eigenvalue weighted by atomic mass is 16.3. The summed E-state index contributed by atoms with van der Waals surface area (Å²) in [4.78, 5) is 6.87. The number of hydrogen-bond acceptors (Lipinski definition) is 4. The molecule has 0 aromatic heterocycles. The molecule has 4 N–H and O–H groups in total. The van der Waals surface area contributed by atoms with Gasteiger partial charge in [-0.2, -0.15) is 0 Å². The number of nitrogens with one attached hydrogen (secondary N) is 1. The Morgan fingerprint density at radius 1 is 1.55 bits per heavy atom. The second-order valence-corrected chi connectivity index (χ2v) is 6.15. The molecule has 5 nitrogen and oxygen atoms in total. The SMILES string of the molecule is CC1C=C(N=C(N)C2=C(NCCCO)CCN(C)C2)C=CC1. The minimum atomic E-state index is 0.203. The highest BCUT2D eigenvalue weighted by Gasteiger charge is 2.19. The largest absolute Gasteiger partial charge is 0.396 e. The van der Waals surface area contributed by atoms with Crippen LogP contribution in [0.25, 0.3) is 0 Å². The fraction of sp³-hybridized carbons (Fsp3) is 0.588. The Bertz CT molecular complexity index is 505. The summed E-state index contributed by atoms with van der Waals surface area (Å²) < 4.78 is 0. The molecule has 5 heteroatoms. The van der Waals surface area contributed by atoms with Gasteiger partial charge in [0.25, 0.3) is 0 Å². The van der Waals surface area contributed by atoms with Gasteiger partial charge in [-0.25, -0.2) is 4.99 Å². The number of amidine groups is 1. The van der Waals surface area contributed by atoms with Gasteiger partial charge in [-0.1, -0.05) is 19.1 Å². The average molecular weight is 304 g/mol. The second-order valence-electron chi connectivity index (χ2n) is 6.15. The third kappa shape index (κ3) is 4.71. The maximum Gasteiger partial charge on any atom is 0.130 e. The Kier molecular flexibility index (Phi) is 6.21. The lowest BCUT2D eigenvalue weighted by molar-refractivity contribution is 0.286. The van der Waals surface area contributed by atoms with Crippen molar-refractivity contribution in [2.24, 2.45) is 16.6 Å². The van der Waals surface area contributed by atoms with Crippen LogP contribution in [0.4, 0.5) is 0 Å². The summed E-state index contributed by atoms with van der Waals surface area (Å²) in [5.74, 6) is 1.12. The number of rotatable bonds is 6. The summed E-state index contributed by atoms with van der Waals surface area (Å²) in [6.07, 6.45) is 9.11. The molecule has 1 atom stereocenters. The molecule has 0 saturated heterocycles. The van der Waals surface area contributed by atoms with E-state index in [0.717, 1.165) is 50.2 Å². The quantitative estimate of drug-likeness (QED) is 0.394. The van der Waals surface area contributed by atoms with Crippen LogP contribution in [-0.2, 0) is 0 Å². The van der Waals surface area contributed by atoms with Crippen molar-refractivity contribution in [3.8, 4) is 0 Å². The lowest BCUT2D eigenvalue weighted by Crippen LogP contribution is -2.37. The summed E-state index contributed by atoms with van der Waals surface area (Å²) in [6, 6.07) is 0. The Morgan fingerprint density at radius 3 is 3.09 bits per heavy atom. The number of hydrogen-bond donors (Lipinski definition) is 3. The van der Waals surface area contributed by atoms with Gasteiger partial charge in [0.2, 0.25) is 0 Å². The molecule has 0 fully saturated rings. The molecule has 1 aliphatic carbocycles. The lowest BCUT2D eigenvalue weighted by atomic mass is 10.0. The lowest BCUT2D eigenvalue weighted by Gasteiger charge is -2.28. The van der Waals surface area contributed by atoms with E-state index in [9.17, 15) is 0 Å². The van der Waals surface area contributed by atoms with Crippen LogP contribution in [0.15, 0.2) is 40.2 Å². The van der Waals surface area contributed by atoms with Crippen LogP contribution in [-0.4, -0.2) is 49.1 Å². The third-order valence-corrected chi connectivity index (χ3v) is 4.02. The fourth-order valence-corrected chi connectivity index (χ4v) is 2.75. The first-order valence-corrected chi connectivity index (χ1v) is 8.08. The predicted octanol–water partition coefficient (Wildman–Crippen LogP) is 1.39. The van der Waals surface area contributed by atoms with Crippen molar-refractivity contribution in [2.75, 3.05) is 33.3 Å². The minimum Gasteiger partial charge on any atom is -0.396 e. The van der Waals surface area contributed by atoms with Crippen LogP contribution >= 0.6 is 0 Å². The Hall–Kier alpha value is -1.59. The summed E-state index contributed by atoms with van der Waals surface area (Å²) in [6.45, 7) is 4.98. The zero-order chi connectivity index (χ0) is 15.9. The first-order chi connectivity index (χ1) is 10.6. The van der Waals surface area contributed by atoms with Gasteiger partial charge >= 0.3 is 0 Å². The molecule has 0 bridgehead atoms. The highest BCUT2D eigenvalue weighted by molar-refractivity contribution is 5.99. The van der Waals surface area contributed by atoms with Gasteiger partial charge in [-0.05, 0) is 31.9 Å². The second kappa shape index (κ2) is 8.15. The van der Waals surface area contributed by atoms with Gasteiger partial charge in [-0.3, -0.25) is 0 Å². The van der Waals surface area contributed by atoms with Gasteiger partial charge in [0, 0.05) is 43.9 Å². The highest BCUT2D eigenvalue weighted by Crippen LogP contribution is 2.19. The third-order valence-electron chi connectivity index (χ3n) is 4.02. The van der Waals surface area contributed by atoms with E-state index in [0.29, 0.717) is 11.8 Å². The Balaban J connectivity index is 2.17. The van der Waals surface area contributed by atoms with Gasteiger partial charge in [0.15, 0.2) is 0 Å². The molecule has 0 aromatic carbocycles. The Labute approximate surface area is 133 Å². The summed E-state index contributed by atoms with van der Waals surface area (Å²) in [5.41, 5.74) is 9.48. The maximum atomic E-state index is 8.93. The monoisotopic (exact) mass is 304 g/mol. The molecule has 122 valence electrons. The molecule has 2 rings (SSSR count). The average Bonchev–Trinajstić information content (AvgIpc) is 2.49. The van der Waals surface area contributed by atoms with E-state index in [1.165, 1.54) is 5.70 Å². The molecule has 0 spiro atoms. The minimum absolute atomic E-state index is 0.203. The standard InChI is InChI=1S/C17H28N4O/c1-13-5-3-6-14(11-13)20-17(18)15-12-21(2)9-7-16(15)19-8-4-10-22/h3,6,11,13,19,22H,4-5,7-10,12H2,1-2H3,(H2,18,20). The number of aliphatic hydroxyl groups is 1. The number of aliphatic imine (C=N–C) groups is 1. The van der Waals surface area contributed by atoms with Crippen LogP contribution < -0.4 is 11.1 Å². The van der Waals surface area contributed by atoms with Crippen molar-refractivity contribution >= 4 is 5.84 Å². The Morgan fingerprint density at radius 2 is 2.36 bits per heavy atom. The van der Waals surface area contributed by atoms with E-state index in [1.807, 2.05) is 6.08 Å². The van der Waals surface area contributed by atoms with Crippen LogP contribution in [0.5, 0.6) is 0 Å². The van der Waals surface area contributed by atoms with E-state index in [-0.39, 0.29) is 6.61 Å². The van der Waals surface area contributed by atoms with E-state index in [1.54, 1.807) is 0 Å². The summed E-state index contributed by atoms with van der Waals surface area (Å²) >= 11 is 0. The number of nitrogens with two attached hydrogens (primary N) is 1. The smallest absolute Gasteiger partial charge is 0.130 e. The molecule has 0 saturated carbocycles. The van der Waals surface area contributed by atoms with Crippen LogP contribution in [0.1, 0.15) is 26.2 Å². The van der Waals surface area contributed by atoms with Crippen molar-refractivity contribution in [3.05, 3.63) is 35.2 Å². The number of likely N-dealkylation sites (N-methyl/N-ethyl adjacent to an activating group) is 1. The van der Waals surface area contributed by atoms with Crippen LogP contribution in [0, 0.1) is 5.92 Å².